The molecule has 2 aromatic carbocycles. The Morgan fingerprint density at radius 1 is 1.00 bits per heavy atom. The molecule has 0 spiro atoms. The van der Waals surface area contributed by atoms with Crippen molar-refractivity contribution in [2.45, 2.75) is 19.4 Å². The number of benzene rings is 2. The largest absolute Gasteiger partial charge is 0.361 e. The molecule has 0 aliphatic carbocycles. The van der Waals surface area contributed by atoms with Crippen LogP contribution in [0, 0.1) is 0 Å². The quantitative estimate of drug-likeness (QED) is 0.663. The van der Waals surface area contributed by atoms with Gasteiger partial charge in [-0.2, -0.15) is 0 Å². The molecule has 0 atom stereocenters. The summed E-state index contributed by atoms with van der Waals surface area (Å²) in [5.41, 5.74) is 2.52. The predicted octanol–water partition coefficient (Wildman–Crippen LogP) is 4.10. The minimum Gasteiger partial charge on any atom is -0.361 e. The van der Waals surface area contributed by atoms with Crippen LogP contribution in [0.2, 0.25) is 5.02 Å². The van der Waals surface area contributed by atoms with Crippen LogP contribution in [-0.4, -0.2) is 16.7 Å². The molecule has 3 rings (SSSR count). The summed E-state index contributed by atoms with van der Waals surface area (Å²) in [6, 6.07) is 14.8. The Hall–Kier alpha value is -2.59. The fraction of sp³-hybridized carbons (Fsp3) is 0.158. The third-order valence-electron chi connectivity index (χ3n) is 3.90. The number of aromatic amines is 1. The zero-order valence-corrected chi connectivity index (χ0v) is 13.8. The number of amides is 1. The highest BCUT2D eigenvalue weighted by Crippen LogP contribution is 2.18. The second kappa shape index (κ2) is 7.32. The molecule has 1 amide bonds. The fourth-order valence-corrected chi connectivity index (χ4v) is 2.85. The average molecular weight is 341 g/mol. The Labute approximate surface area is 144 Å². The number of aromatic nitrogens is 1. The van der Waals surface area contributed by atoms with Crippen molar-refractivity contribution < 1.29 is 9.59 Å². The van der Waals surface area contributed by atoms with E-state index in [0.717, 1.165) is 16.5 Å². The van der Waals surface area contributed by atoms with Gasteiger partial charge >= 0.3 is 0 Å². The summed E-state index contributed by atoms with van der Waals surface area (Å²) in [6.45, 7) is 0.434. The van der Waals surface area contributed by atoms with E-state index in [0.29, 0.717) is 17.1 Å². The van der Waals surface area contributed by atoms with E-state index in [1.807, 2.05) is 30.5 Å². The minimum absolute atomic E-state index is 0.122. The molecule has 24 heavy (non-hydrogen) atoms. The number of para-hydroxylation sites is 1. The molecule has 4 nitrogen and oxygen atoms in total. The molecule has 2 N–H and O–H groups in total. The van der Waals surface area contributed by atoms with E-state index in [-0.39, 0.29) is 24.5 Å². The van der Waals surface area contributed by atoms with Crippen molar-refractivity contribution in [3.63, 3.8) is 0 Å². The maximum absolute atomic E-state index is 12.1. The number of ketones is 1. The number of hydrogen-bond donors (Lipinski definition) is 2. The Morgan fingerprint density at radius 2 is 1.75 bits per heavy atom. The highest BCUT2D eigenvalue weighted by Gasteiger charge is 2.12. The van der Waals surface area contributed by atoms with Crippen LogP contribution in [0.3, 0.4) is 0 Å². The Balaban J connectivity index is 1.53. The lowest BCUT2D eigenvalue weighted by molar-refractivity contribution is -0.121. The lowest BCUT2D eigenvalue weighted by Crippen LogP contribution is -2.23. The smallest absolute Gasteiger partial charge is 0.220 e. The second-order valence-electron chi connectivity index (χ2n) is 5.54. The molecule has 0 aliphatic heterocycles. The first-order valence-electron chi connectivity index (χ1n) is 7.74. The molecule has 0 bridgehead atoms. The zero-order valence-electron chi connectivity index (χ0n) is 13.0. The van der Waals surface area contributed by atoms with Crippen molar-refractivity contribution in [2.24, 2.45) is 0 Å². The van der Waals surface area contributed by atoms with Gasteiger partial charge in [-0.05, 0) is 23.8 Å². The average Bonchev–Trinajstić information content (AvgIpc) is 3.01. The summed E-state index contributed by atoms with van der Waals surface area (Å²) in [6.07, 6.45) is 2.18. The molecular weight excluding hydrogens is 324 g/mol. The van der Waals surface area contributed by atoms with Gasteiger partial charge in [0.2, 0.25) is 5.91 Å². The number of hydrogen-bond acceptors (Lipinski definition) is 2. The Kier molecular flexibility index (Phi) is 4.96. The van der Waals surface area contributed by atoms with Gasteiger partial charge in [-0.25, -0.2) is 0 Å². The maximum atomic E-state index is 12.1. The van der Waals surface area contributed by atoms with Crippen LogP contribution in [0.1, 0.15) is 28.8 Å². The topological polar surface area (TPSA) is 62.0 Å². The fourth-order valence-electron chi connectivity index (χ4n) is 2.61. The van der Waals surface area contributed by atoms with Gasteiger partial charge in [-0.15, -0.1) is 0 Å². The van der Waals surface area contributed by atoms with Gasteiger partial charge in [-0.3, -0.25) is 9.59 Å². The van der Waals surface area contributed by atoms with E-state index in [9.17, 15) is 9.59 Å². The van der Waals surface area contributed by atoms with E-state index >= 15 is 0 Å². The van der Waals surface area contributed by atoms with Gasteiger partial charge < -0.3 is 10.3 Å². The number of carbonyl (C=O) groups excluding carboxylic acids is 2. The first-order chi connectivity index (χ1) is 11.6. The van der Waals surface area contributed by atoms with E-state index in [1.165, 1.54) is 0 Å². The highest BCUT2D eigenvalue weighted by molar-refractivity contribution is 6.34. The third-order valence-corrected chi connectivity index (χ3v) is 4.23. The van der Waals surface area contributed by atoms with Crippen LogP contribution in [0.15, 0.2) is 54.7 Å². The lowest BCUT2D eigenvalue weighted by Gasteiger charge is -2.05. The maximum Gasteiger partial charge on any atom is 0.220 e. The molecule has 5 heteroatoms. The number of carbonyl (C=O) groups is 2. The van der Waals surface area contributed by atoms with Crippen molar-refractivity contribution in [3.05, 3.63) is 70.9 Å². The van der Waals surface area contributed by atoms with E-state index in [1.54, 1.807) is 24.3 Å². The van der Waals surface area contributed by atoms with Crippen molar-refractivity contribution in [1.29, 1.82) is 0 Å². The summed E-state index contributed by atoms with van der Waals surface area (Å²) < 4.78 is 0. The predicted molar refractivity (Wildman–Crippen MR) is 95.2 cm³/mol. The van der Waals surface area contributed by atoms with Crippen LogP contribution < -0.4 is 5.32 Å². The van der Waals surface area contributed by atoms with Gasteiger partial charge in [0, 0.05) is 42.0 Å². The van der Waals surface area contributed by atoms with Crippen molar-refractivity contribution in [1.82, 2.24) is 10.3 Å². The molecule has 0 radical (unpaired) electrons. The van der Waals surface area contributed by atoms with Crippen LogP contribution in [-0.2, 0) is 11.3 Å². The second-order valence-corrected chi connectivity index (χ2v) is 5.95. The molecule has 0 saturated carbocycles. The molecule has 1 aromatic heterocycles. The van der Waals surface area contributed by atoms with Crippen LogP contribution >= 0.6 is 11.6 Å². The third kappa shape index (κ3) is 3.66. The molecule has 0 aliphatic rings. The molecule has 3 aromatic rings. The molecular formula is C19H17ClN2O2. The standard InChI is InChI=1S/C19H17ClN2O2/c20-16-7-3-1-6-15(16)18(23)9-10-19(24)22-12-13-11-21-17-8-4-2-5-14(13)17/h1-8,11,21H,9-10,12H2,(H,22,24). The van der Waals surface area contributed by atoms with Crippen LogP contribution in [0.25, 0.3) is 10.9 Å². The van der Waals surface area contributed by atoms with Crippen LogP contribution in [0.5, 0.6) is 0 Å². The zero-order chi connectivity index (χ0) is 16.9. The highest BCUT2D eigenvalue weighted by atomic mass is 35.5. The molecule has 0 saturated heterocycles. The van der Waals surface area contributed by atoms with Gasteiger partial charge in [0.25, 0.3) is 0 Å². The first kappa shape index (κ1) is 16.3. The van der Waals surface area contributed by atoms with Gasteiger partial charge in [-0.1, -0.05) is 41.9 Å². The number of nitrogens with one attached hydrogen (secondary N) is 2. The molecule has 0 unspecified atom stereocenters. The number of halogens is 1. The summed E-state index contributed by atoms with van der Waals surface area (Å²) in [5.74, 6) is -0.275. The van der Waals surface area contributed by atoms with E-state index in [2.05, 4.69) is 10.3 Å². The summed E-state index contributed by atoms with van der Waals surface area (Å²) in [5, 5.41) is 4.36. The molecule has 1 heterocycles. The van der Waals surface area contributed by atoms with Gasteiger partial charge in [0.15, 0.2) is 5.78 Å². The van der Waals surface area contributed by atoms with Gasteiger partial charge in [0.05, 0.1) is 5.02 Å². The number of Topliss-reactive ketones (excluding diaryl/α,β-unsaturated/α-hetero) is 1. The lowest BCUT2D eigenvalue weighted by atomic mass is 10.1. The Morgan fingerprint density at radius 3 is 2.58 bits per heavy atom. The van der Waals surface area contributed by atoms with Crippen molar-refractivity contribution >= 4 is 34.2 Å². The summed E-state index contributed by atoms with van der Waals surface area (Å²) >= 11 is 5.99. The van der Waals surface area contributed by atoms with Crippen molar-refractivity contribution in [2.75, 3.05) is 0 Å². The van der Waals surface area contributed by atoms with Crippen LogP contribution in [0.4, 0.5) is 0 Å². The van der Waals surface area contributed by atoms with Crippen molar-refractivity contribution in [3.8, 4) is 0 Å². The first-order valence-corrected chi connectivity index (χ1v) is 8.12. The SMILES string of the molecule is O=C(CCC(=O)c1ccccc1Cl)NCc1c[nH]c2ccccc12. The van der Waals surface area contributed by atoms with Gasteiger partial charge in [0.1, 0.15) is 0 Å². The number of rotatable bonds is 6. The minimum atomic E-state index is -0.152. The molecule has 0 fully saturated rings. The van der Waals surface area contributed by atoms with E-state index < -0.39 is 0 Å². The molecule has 122 valence electrons. The monoisotopic (exact) mass is 340 g/mol. The normalized spacial score (nSPS) is 10.7. The number of H-pyrrole nitrogens is 1. The summed E-state index contributed by atoms with van der Waals surface area (Å²) in [4.78, 5) is 27.3. The number of fused-ring (bicyclic) bond motifs is 1. The van der Waals surface area contributed by atoms with E-state index in [4.69, 9.17) is 11.6 Å². The Bertz CT molecular complexity index is 886. The summed E-state index contributed by atoms with van der Waals surface area (Å²) in [7, 11) is 0.